The predicted molar refractivity (Wildman–Crippen MR) is 112 cm³/mol. The molecule has 1 aliphatic carbocycles. The number of benzene rings is 2. The maximum Gasteiger partial charge on any atom is 0.227 e. The third-order valence-electron chi connectivity index (χ3n) is 5.43. The molecule has 7 heteroatoms. The molecule has 140 valence electrons. The van der Waals surface area contributed by atoms with Gasteiger partial charge in [-0.05, 0) is 35.1 Å². The molecule has 1 unspecified atom stereocenters. The maximum atomic E-state index is 5.93. The first-order valence-electron chi connectivity index (χ1n) is 9.38. The summed E-state index contributed by atoms with van der Waals surface area (Å²) in [6.45, 7) is 0. The predicted octanol–water partition coefficient (Wildman–Crippen LogP) is 3.32. The number of rotatable bonds is 4. The van der Waals surface area contributed by atoms with Gasteiger partial charge in [-0.1, -0.05) is 42.5 Å². The Morgan fingerprint density at radius 2 is 1.75 bits per heavy atom. The first-order chi connectivity index (χ1) is 13.6. The van der Waals surface area contributed by atoms with Crippen molar-refractivity contribution >= 4 is 39.5 Å². The average molecular weight is 371 g/mol. The van der Waals surface area contributed by atoms with Crippen molar-refractivity contribution in [2.45, 2.75) is 18.9 Å². The van der Waals surface area contributed by atoms with Crippen LogP contribution in [0.3, 0.4) is 0 Å². The van der Waals surface area contributed by atoms with E-state index in [4.69, 9.17) is 11.5 Å². The number of fused-ring (bicyclic) bond motifs is 2. The first-order valence-corrected chi connectivity index (χ1v) is 9.38. The van der Waals surface area contributed by atoms with E-state index in [1.165, 1.54) is 29.2 Å². The summed E-state index contributed by atoms with van der Waals surface area (Å²) in [6.07, 6.45) is 4.08. The Kier molecular flexibility index (Phi) is 3.75. The number of nitrogens with zero attached hydrogens (tertiary/aromatic N) is 5. The molecular weight excluding hydrogens is 350 g/mol. The topological polar surface area (TPSA) is 107 Å². The van der Waals surface area contributed by atoms with Crippen LogP contribution in [0, 0.1) is 5.92 Å². The fourth-order valence-electron chi connectivity index (χ4n) is 3.94. The van der Waals surface area contributed by atoms with Crippen LogP contribution in [0.2, 0.25) is 0 Å². The minimum Gasteiger partial charge on any atom is -0.383 e. The molecule has 1 atom stereocenters. The lowest BCUT2D eigenvalue weighted by Crippen LogP contribution is -2.28. The van der Waals surface area contributed by atoms with Crippen molar-refractivity contribution in [3.63, 3.8) is 0 Å². The van der Waals surface area contributed by atoms with Gasteiger partial charge in [0.05, 0.1) is 11.4 Å². The Morgan fingerprint density at radius 1 is 0.964 bits per heavy atom. The number of nitrogen functional groups attached to an aromatic ring is 2. The van der Waals surface area contributed by atoms with Crippen molar-refractivity contribution in [2.75, 3.05) is 23.4 Å². The Labute approximate surface area is 162 Å². The van der Waals surface area contributed by atoms with E-state index >= 15 is 0 Å². The molecule has 4 aromatic rings. The lowest BCUT2D eigenvalue weighted by molar-refractivity contribution is 0.586. The molecule has 7 nitrogen and oxygen atoms in total. The summed E-state index contributed by atoms with van der Waals surface area (Å²) in [5, 5.41) is 3.12. The monoisotopic (exact) mass is 371 g/mol. The number of anilines is 3. The van der Waals surface area contributed by atoms with Crippen molar-refractivity contribution in [2.24, 2.45) is 5.92 Å². The van der Waals surface area contributed by atoms with E-state index in [0.717, 1.165) is 0 Å². The van der Waals surface area contributed by atoms with Gasteiger partial charge in [-0.3, -0.25) is 0 Å². The molecule has 0 radical (unpaired) electrons. The van der Waals surface area contributed by atoms with Gasteiger partial charge in [0.25, 0.3) is 0 Å². The highest BCUT2D eigenvalue weighted by molar-refractivity contribution is 5.87. The van der Waals surface area contributed by atoms with Gasteiger partial charge in [0, 0.05) is 13.2 Å². The molecule has 0 bridgehead atoms. The molecule has 1 aliphatic rings. The summed E-state index contributed by atoms with van der Waals surface area (Å²) < 4.78 is 0. The van der Waals surface area contributed by atoms with Crippen LogP contribution < -0.4 is 16.4 Å². The van der Waals surface area contributed by atoms with E-state index < -0.39 is 0 Å². The quantitative estimate of drug-likeness (QED) is 0.566. The molecule has 0 saturated heterocycles. The minimum atomic E-state index is 0.116. The van der Waals surface area contributed by atoms with Crippen LogP contribution in [0.4, 0.5) is 17.7 Å². The standard InChI is InChI=1S/C21H21N7/c1-28(21-24-11-16-18(22)25-20(23)26-19(16)27-21)17(13-9-10-13)15-8-4-6-12-5-2-3-7-14(12)15/h2-8,11,13,17H,9-10H2,1H3,(H4,22,23,24,25,26,27). The van der Waals surface area contributed by atoms with Crippen LogP contribution in [0.25, 0.3) is 21.8 Å². The van der Waals surface area contributed by atoms with E-state index in [-0.39, 0.29) is 12.0 Å². The largest absolute Gasteiger partial charge is 0.383 e. The van der Waals surface area contributed by atoms with Gasteiger partial charge in [-0.25, -0.2) is 4.98 Å². The van der Waals surface area contributed by atoms with Gasteiger partial charge >= 0.3 is 0 Å². The smallest absolute Gasteiger partial charge is 0.227 e. The molecular formula is C21H21N7. The molecule has 0 aliphatic heterocycles. The number of aromatic nitrogens is 4. The van der Waals surface area contributed by atoms with Gasteiger partial charge < -0.3 is 16.4 Å². The van der Waals surface area contributed by atoms with Crippen LogP contribution in [-0.4, -0.2) is 27.0 Å². The second kappa shape index (κ2) is 6.30. The number of nitrogens with two attached hydrogens (primary N) is 2. The third-order valence-corrected chi connectivity index (χ3v) is 5.43. The van der Waals surface area contributed by atoms with E-state index in [0.29, 0.717) is 28.7 Å². The van der Waals surface area contributed by atoms with Crippen molar-refractivity contribution < 1.29 is 0 Å². The molecule has 0 spiro atoms. The zero-order valence-electron chi connectivity index (χ0n) is 15.6. The Balaban J connectivity index is 1.62. The Bertz CT molecular complexity index is 1180. The minimum absolute atomic E-state index is 0.116. The zero-order chi connectivity index (χ0) is 19.3. The summed E-state index contributed by atoms with van der Waals surface area (Å²) in [5.41, 5.74) is 13.4. The maximum absolute atomic E-state index is 5.93. The third kappa shape index (κ3) is 2.76. The molecule has 2 aromatic carbocycles. The molecule has 4 N–H and O–H groups in total. The number of hydrogen-bond acceptors (Lipinski definition) is 7. The summed E-state index contributed by atoms with van der Waals surface area (Å²) in [5.74, 6) is 1.60. The summed E-state index contributed by atoms with van der Waals surface area (Å²) in [4.78, 5) is 19.5. The number of hydrogen-bond donors (Lipinski definition) is 2. The SMILES string of the molecule is CN(c1ncc2c(N)nc(N)nc2n1)C(c1cccc2ccccc12)C1CC1. The van der Waals surface area contributed by atoms with E-state index in [2.05, 4.69) is 67.3 Å². The Hall–Kier alpha value is -3.48. The van der Waals surface area contributed by atoms with Crippen LogP contribution in [0.15, 0.2) is 48.7 Å². The lowest BCUT2D eigenvalue weighted by atomic mass is 9.95. The average Bonchev–Trinajstić information content (AvgIpc) is 3.53. The van der Waals surface area contributed by atoms with Gasteiger partial charge in [-0.15, -0.1) is 0 Å². The summed E-state index contributed by atoms with van der Waals surface area (Å²) in [7, 11) is 2.04. The zero-order valence-corrected chi connectivity index (χ0v) is 15.6. The second-order valence-electron chi connectivity index (χ2n) is 7.34. The molecule has 1 fully saturated rings. The van der Waals surface area contributed by atoms with Crippen LogP contribution in [-0.2, 0) is 0 Å². The highest BCUT2D eigenvalue weighted by Gasteiger charge is 2.37. The van der Waals surface area contributed by atoms with Gasteiger partial charge in [0.1, 0.15) is 5.82 Å². The molecule has 2 aromatic heterocycles. The van der Waals surface area contributed by atoms with Crippen LogP contribution in [0.5, 0.6) is 0 Å². The van der Waals surface area contributed by atoms with E-state index in [1.807, 2.05) is 7.05 Å². The van der Waals surface area contributed by atoms with Crippen molar-refractivity contribution in [3.05, 3.63) is 54.2 Å². The fraction of sp³-hybridized carbons (Fsp3) is 0.238. The molecule has 0 amide bonds. The molecule has 5 rings (SSSR count). The highest BCUT2D eigenvalue weighted by atomic mass is 15.3. The van der Waals surface area contributed by atoms with Crippen molar-refractivity contribution in [3.8, 4) is 0 Å². The highest BCUT2D eigenvalue weighted by Crippen LogP contribution is 2.46. The molecule has 28 heavy (non-hydrogen) atoms. The first kappa shape index (κ1) is 16.7. The van der Waals surface area contributed by atoms with E-state index in [9.17, 15) is 0 Å². The summed E-state index contributed by atoms with van der Waals surface area (Å²) >= 11 is 0. The molecule has 1 saturated carbocycles. The molecule has 2 heterocycles. The normalized spacial score (nSPS) is 15.0. The van der Waals surface area contributed by atoms with Crippen LogP contribution >= 0.6 is 0 Å². The van der Waals surface area contributed by atoms with Crippen molar-refractivity contribution in [1.82, 2.24) is 19.9 Å². The van der Waals surface area contributed by atoms with E-state index in [1.54, 1.807) is 6.20 Å². The summed E-state index contributed by atoms with van der Waals surface area (Å²) in [6, 6.07) is 15.2. The van der Waals surface area contributed by atoms with Gasteiger partial charge in [0.15, 0.2) is 5.65 Å². The van der Waals surface area contributed by atoms with Gasteiger partial charge in [-0.2, -0.15) is 15.0 Å². The Morgan fingerprint density at radius 3 is 2.57 bits per heavy atom. The van der Waals surface area contributed by atoms with Gasteiger partial charge in [0.2, 0.25) is 11.9 Å². The second-order valence-corrected chi connectivity index (χ2v) is 7.34. The van der Waals surface area contributed by atoms with Crippen LogP contribution in [0.1, 0.15) is 24.4 Å². The lowest BCUT2D eigenvalue weighted by Gasteiger charge is -2.29. The fourth-order valence-corrected chi connectivity index (χ4v) is 3.94. The van der Waals surface area contributed by atoms with Crippen molar-refractivity contribution in [1.29, 1.82) is 0 Å².